The number of rotatable bonds is 0. The Morgan fingerprint density at radius 1 is 1.22 bits per heavy atom. The van der Waals surface area contributed by atoms with E-state index in [9.17, 15) is 0 Å². The second-order valence-corrected chi connectivity index (χ2v) is 3.64. The van der Waals surface area contributed by atoms with Gasteiger partial charge in [0.1, 0.15) is 0 Å². The number of allylic oxidation sites excluding steroid dienone is 2. The van der Waals surface area contributed by atoms with Gasteiger partial charge in [0, 0.05) is 0 Å². The Balaban J connectivity index is 2.58. The highest BCUT2D eigenvalue weighted by atomic mass is 35.5. The summed E-state index contributed by atoms with van der Waals surface area (Å²) in [7, 11) is 0. The summed E-state index contributed by atoms with van der Waals surface area (Å²) in [5.74, 6) is 0. The second-order valence-electron chi connectivity index (χ2n) is 2.07. The van der Waals surface area contributed by atoms with Crippen LogP contribution in [0, 0.1) is 0 Å². The highest BCUT2D eigenvalue weighted by Gasteiger charge is 2.24. The Kier molecular flexibility index (Phi) is 2.69. The molecule has 0 bridgehead atoms. The monoisotopic (exact) mass is 184 g/mol. The van der Waals surface area contributed by atoms with Gasteiger partial charge in [0.25, 0.3) is 0 Å². The summed E-state index contributed by atoms with van der Waals surface area (Å²) in [5.41, 5.74) is 0. The quantitative estimate of drug-likeness (QED) is 0.402. The predicted octanol–water partition coefficient (Wildman–Crippen LogP) is 2.77. The van der Waals surface area contributed by atoms with Crippen molar-refractivity contribution < 1.29 is 0 Å². The van der Waals surface area contributed by atoms with E-state index in [2.05, 4.69) is 0 Å². The number of halogens is 3. The molecule has 0 amide bonds. The van der Waals surface area contributed by atoms with E-state index in [1.165, 1.54) is 0 Å². The lowest BCUT2D eigenvalue weighted by atomic mass is 10.1. The molecule has 0 fully saturated rings. The van der Waals surface area contributed by atoms with E-state index < -0.39 is 0 Å². The molecule has 0 saturated heterocycles. The SMILES string of the molecule is Cl[C@H]1[C@H](Cl)CC=C[C@@H]1Cl. The molecule has 1 aliphatic rings. The molecular formula is C6H7Cl3. The maximum atomic E-state index is 5.80. The van der Waals surface area contributed by atoms with Crippen LogP contribution in [0.1, 0.15) is 6.42 Å². The van der Waals surface area contributed by atoms with Crippen LogP contribution in [0.3, 0.4) is 0 Å². The molecule has 0 aromatic rings. The van der Waals surface area contributed by atoms with Gasteiger partial charge < -0.3 is 0 Å². The number of hydrogen-bond donors (Lipinski definition) is 0. The van der Waals surface area contributed by atoms with Crippen molar-refractivity contribution in [1.82, 2.24) is 0 Å². The minimum atomic E-state index is -0.113. The molecule has 0 unspecified atom stereocenters. The maximum absolute atomic E-state index is 5.80. The third-order valence-electron chi connectivity index (χ3n) is 1.33. The lowest BCUT2D eigenvalue weighted by Crippen LogP contribution is -2.26. The summed E-state index contributed by atoms with van der Waals surface area (Å²) < 4.78 is 0. The van der Waals surface area contributed by atoms with Gasteiger partial charge in [0.15, 0.2) is 0 Å². The van der Waals surface area contributed by atoms with Crippen LogP contribution in [0.5, 0.6) is 0 Å². The summed E-state index contributed by atoms with van der Waals surface area (Å²) in [5, 5.41) is -0.208. The van der Waals surface area contributed by atoms with Crippen LogP contribution < -0.4 is 0 Å². The van der Waals surface area contributed by atoms with Gasteiger partial charge in [-0.25, -0.2) is 0 Å². The zero-order chi connectivity index (χ0) is 6.85. The smallest absolute Gasteiger partial charge is 0.0701 e. The molecule has 1 aliphatic carbocycles. The number of hydrogen-bond acceptors (Lipinski definition) is 0. The largest absolute Gasteiger partial charge is 0.121 e. The molecule has 0 aliphatic heterocycles. The molecule has 52 valence electrons. The third-order valence-corrected chi connectivity index (χ3v) is 3.03. The van der Waals surface area contributed by atoms with Gasteiger partial charge in [0.2, 0.25) is 0 Å². The van der Waals surface area contributed by atoms with Crippen molar-refractivity contribution in [2.24, 2.45) is 0 Å². The van der Waals surface area contributed by atoms with Crippen LogP contribution in [0.15, 0.2) is 12.2 Å². The van der Waals surface area contributed by atoms with Crippen molar-refractivity contribution in [3.63, 3.8) is 0 Å². The minimum absolute atomic E-state index is 0.000772. The Labute approximate surface area is 69.8 Å². The molecule has 0 spiro atoms. The molecule has 0 N–H and O–H groups in total. The van der Waals surface area contributed by atoms with Gasteiger partial charge in [-0.3, -0.25) is 0 Å². The molecule has 3 atom stereocenters. The third kappa shape index (κ3) is 1.76. The topological polar surface area (TPSA) is 0 Å². The first-order valence-electron chi connectivity index (χ1n) is 2.80. The first-order valence-corrected chi connectivity index (χ1v) is 4.11. The van der Waals surface area contributed by atoms with Crippen LogP contribution in [-0.4, -0.2) is 16.1 Å². The van der Waals surface area contributed by atoms with E-state index in [-0.39, 0.29) is 16.1 Å². The fourth-order valence-corrected chi connectivity index (χ4v) is 1.57. The summed E-state index contributed by atoms with van der Waals surface area (Å²) >= 11 is 17.4. The van der Waals surface area contributed by atoms with Crippen LogP contribution in [0.25, 0.3) is 0 Å². The summed E-state index contributed by atoms with van der Waals surface area (Å²) in [6.45, 7) is 0. The fourth-order valence-electron chi connectivity index (χ4n) is 0.774. The highest BCUT2D eigenvalue weighted by molar-refractivity contribution is 6.35. The molecule has 1 rings (SSSR count). The molecule has 9 heavy (non-hydrogen) atoms. The van der Waals surface area contributed by atoms with Gasteiger partial charge in [0.05, 0.1) is 16.1 Å². The van der Waals surface area contributed by atoms with E-state index >= 15 is 0 Å². The minimum Gasteiger partial charge on any atom is -0.121 e. The summed E-state index contributed by atoms with van der Waals surface area (Å²) in [6.07, 6.45) is 4.69. The first kappa shape index (κ1) is 7.71. The predicted molar refractivity (Wildman–Crippen MR) is 42.7 cm³/mol. The molecule has 3 heteroatoms. The molecule has 0 nitrogen and oxygen atoms in total. The van der Waals surface area contributed by atoms with Crippen molar-refractivity contribution in [2.75, 3.05) is 0 Å². The van der Waals surface area contributed by atoms with Crippen molar-refractivity contribution in [3.05, 3.63) is 12.2 Å². The van der Waals surface area contributed by atoms with Crippen molar-refractivity contribution in [3.8, 4) is 0 Å². The van der Waals surface area contributed by atoms with Gasteiger partial charge >= 0.3 is 0 Å². The average Bonchev–Trinajstić information content (AvgIpc) is 1.83. The zero-order valence-corrected chi connectivity index (χ0v) is 7.00. The van der Waals surface area contributed by atoms with Gasteiger partial charge in [-0.15, -0.1) is 34.8 Å². The summed E-state index contributed by atoms with van der Waals surface area (Å²) in [6, 6.07) is 0. The second kappa shape index (κ2) is 3.14. The van der Waals surface area contributed by atoms with E-state index in [0.717, 1.165) is 6.42 Å². The normalized spacial score (nSPS) is 43.2. The van der Waals surface area contributed by atoms with E-state index in [1.54, 1.807) is 0 Å². The van der Waals surface area contributed by atoms with Gasteiger partial charge in [-0.2, -0.15) is 0 Å². The van der Waals surface area contributed by atoms with E-state index in [4.69, 9.17) is 34.8 Å². The van der Waals surface area contributed by atoms with Crippen molar-refractivity contribution in [1.29, 1.82) is 0 Å². The lowest BCUT2D eigenvalue weighted by molar-refractivity contribution is 0.754. The van der Waals surface area contributed by atoms with Crippen LogP contribution in [-0.2, 0) is 0 Å². The van der Waals surface area contributed by atoms with E-state index in [0.29, 0.717) is 0 Å². The Bertz CT molecular complexity index is 121. The van der Waals surface area contributed by atoms with Crippen molar-refractivity contribution >= 4 is 34.8 Å². The average molecular weight is 185 g/mol. The van der Waals surface area contributed by atoms with Crippen molar-refractivity contribution in [2.45, 2.75) is 22.6 Å². The Morgan fingerprint density at radius 3 is 2.33 bits per heavy atom. The van der Waals surface area contributed by atoms with E-state index in [1.807, 2.05) is 12.2 Å². The van der Waals surface area contributed by atoms with Gasteiger partial charge in [-0.05, 0) is 6.42 Å². The molecule has 0 aromatic heterocycles. The fraction of sp³-hybridized carbons (Fsp3) is 0.667. The molecule has 0 heterocycles. The lowest BCUT2D eigenvalue weighted by Gasteiger charge is -2.21. The van der Waals surface area contributed by atoms with Crippen LogP contribution >= 0.6 is 34.8 Å². The Morgan fingerprint density at radius 2 is 1.89 bits per heavy atom. The standard InChI is InChI=1S/C6H7Cl3/c7-4-2-1-3-5(8)6(4)9/h1-2,4-6H,3H2/t4-,5+,6+/m0/s1. The zero-order valence-electron chi connectivity index (χ0n) is 4.73. The Hall–Kier alpha value is 0.610. The molecular weight excluding hydrogens is 178 g/mol. The van der Waals surface area contributed by atoms with Gasteiger partial charge in [-0.1, -0.05) is 12.2 Å². The van der Waals surface area contributed by atoms with Crippen LogP contribution in [0.2, 0.25) is 0 Å². The summed E-state index contributed by atoms with van der Waals surface area (Å²) in [4.78, 5) is 0. The maximum Gasteiger partial charge on any atom is 0.0701 e. The highest BCUT2D eigenvalue weighted by Crippen LogP contribution is 2.26. The molecule has 0 saturated carbocycles. The first-order chi connectivity index (χ1) is 4.22. The number of alkyl halides is 3. The van der Waals surface area contributed by atoms with Crippen LogP contribution in [0.4, 0.5) is 0 Å². The molecule has 0 radical (unpaired) electrons. The molecule has 0 aromatic carbocycles.